The molecule has 3 heteroatoms. The Morgan fingerprint density at radius 1 is 0.719 bits per heavy atom. The van der Waals surface area contributed by atoms with E-state index in [1.165, 1.54) is 32.7 Å². The Morgan fingerprint density at radius 2 is 1.31 bits per heavy atom. The third-order valence-corrected chi connectivity index (χ3v) is 7.82. The smallest absolute Gasteiger partial charge is 0.238 e. The lowest BCUT2D eigenvalue weighted by molar-refractivity contribution is -0.122. The Kier molecular flexibility index (Phi) is 4.05. The fraction of sp³-hybridized carbons (Fsp3) is 0.310. The van der Waals surface area contributed by atoms with Crippen LogP contribution in [0.25, 0.3) is 0 Å². The highest BCUT2D eigenvalue weighted by molar-refractivity contribution is 6.23. The molecule has 1 heterocycles. The first-order valence-corrected chi connectivity index (χ1v) is 11.6. The van der Waals surface area contributed by atoms with E-state index in [-0.39, 0.29) is 35.5 Å². The number of aryl methyl sites for hydroxylation is 2. The van der Waals surface area contributed by atoms with E-state index < -0.39 is 0 Å². The van der Waals surface area contributed by atoms with Crippen molar-refractivity contribution >= 4 is 17.5 Å². The predicted octanol–water partition coefficient (Wildman–Crippen LogP) is 5.82. The molecule has 0 N–H and O–H groups in total. The van der Waals surface area contributed by atoms with E-state index in [1.54, 1.807) is 0 Å². The molecule has 32 heavy (non-hydrogen) atoms. The molecule has 2 bridgehead atoms. The molecule has 0 saturated carbocycles. The minimum Gasteiger partial charge on any atom is -0.274 e. The SMILES string of the molecule is Cc1ccc(N2C(=O)[C@@H]3[C@@H]4c5ccccc5[C@H](c5cc(C(C)C)ccc54)[C@H]3C2=O)c(C)c1. The molecule has 2 amide bonds. The van der Waals surface area contributed by atoms with Crippen molar-refractivity contribution in [1.29, 1.82) is 0 Å². The molecule has 0 spiro atoms. The summed E-state index contributed by atoms with van der Waals surface area (Å²) in [5.74, 6) is -0.475. The van der Waals surface area contributed by atoms with Crippen LogP contribution in [-0.4, -0.2) is 11.8 Å². The van der Waals surface area contributed by atoms with Gasteiger partial charge in [-0.1, -0.05) is 74.0 Å². The van der Waals surface area contributed by atoms with Crippen LogP contribution in [0.5, 0.6) is 0 Å². The second kappa shape index (κ2) is 6.65. The van der Waals surface area contributed by atoms with E-state index in [2.05, 4.69) is 56.3 Å². The van der Waals surface area contributed by atoms with Crippen molar-refractivity contribution in [3.63, 3.8) is 0 Å². The zero-order valence-electron chi connectivity index (χ0n) is 18.9. The molecular weight excluding hydrogens is 394 g/mol. The summed E-state index contributed by atoms with van der Waals surface area (Å²) in [6.45, 7) is 8.42. The molecule has 1 fully saturated rings. The molecule has 3 aromatic rings. The first-order chi connectivity index (χ1) is 15.4. The number of carbonyl (C=O) groups is 2. The van der Waals surface area contributed by atoms with Crippen molar-refractivity contribution in [1.82, 2.24) is 0 Å². The van der Waals surface area contributed by atoms with E-state index in [4.69, 9.17) is 0 Å². The summed E-state index contributed by atoms with van der Waals surface area (Å²) in [5.41, 5.74) is 9.01. The van der Waals surface area contributed by atoms with Crippen molar-refractivity contribution in [3.8, 4) is 0 Å². The number of anilines is 1. The third-order valence-electron chi connectivity index (χ3n) is 7.82. The molecule has 0 unspecified atom stereocenters. The number of nitrogens with zero attached hydrogens (tertiary/aromatic N) is 1. The quantitative estimate of drug-likeness (QED) is 0.489. The van der Waals surface area contributed by atoms with E-state index >= 15 is 0 Å². The number of benzene rings is 3. The molecular formula is C29H27NO2. The van der Waals surface area contributed by atoms with Crippen molar-refractivity contribution in [2.75, 3.05) is 4.90 Å². The van der Waals surface area contributed by atoms with Crippen molar-refractivity contribution in [2.45, 2.75) is 45.4 Å². The van der Waals surface area contributed by atoms with E-state index in [9.17, 15) is 9.59 Å². The van der Waals surface area contributed by atoms with Gasteiger partial charge in [0.1, 0.15) is 0 Å². The molecule has 0 aromatic heterocycles. The van der Waals surface area contributed by atoms with Gasteiger partial charge >= 0.3 is 0 Å². The summed E-state index contributed by atoms with van der Waals surface area (Å²) in [6, 6.07) is 21.1. The minimum absolute atomic E-state index is 0.0444. The summed E-state index contributed by atoms with van der Waals surface area (Å²) >= 11 is 0. The number of hydrogen-bond acceptors (Lipinski definition) is 2. The highest BCUT2D eigenvalue weighted by Gasteiger charge is 2.61. The Hall–Kier alpha value is -3.20. The summed E-state index contributed by atoms with van der Waals surface area (Å²) in [5, 5.41) is 0. The van der Waals surface area contributed by atoms with Gasteiger partial charge in [-0.25, -0.2) is 4.90 Å². The Balaban J connectivity index is 1.56. The fourth-order valence-electron chi connectivity index (χ4n) is 6.40. The van der Waals surface area contributed by atoms with Crippen molar-refractivity contribution in [2.24, 2.45) is 11.8 Å². The molecule has 0 radical (unpaired) electrons. The lowest BCUT2D eigenvalue weighted by atomic mass is 9.54. The lowest BCUT2D eigenvalue weighted by Crippen LogP contribution is -2.41. The second-order valence-corrected chi connectivity index (χ2v) is 9.98. The zero-order valence-corrected chi connectivity index (χ0v) is 18.9. The monoisotopic (exact) mass is 421 g/mol. The van der Waals surface area contributed by atoms with Crippen LogP contribution in [0.1, 0.15) is 70.5 Å². The first kappa shape index (κ1) is 19.5. The van der Waals surface area contributed by atoms with Gasteiger partial charge in [-0.05, 0) is 59.2 Å². The van der Waals surface area contributed by atoms with Crippen LogP contribution >= 0.6 is 0 Å². The summed E-state index contributed by atoms with van der Waals surface area (Å²) in [7, 11) is 0. The predicted molar refractivity (Wildman–Crippen MR) is 126 cm³/mol. The van der Waals surface area contributed by atoms with Gasteiger partial charge in [-0.3, -0.25) is 9.59 Å². The summed E-state index contributed by atoms with van der Waals surface area (Å²) in [4.78, 5) is 29.3. The minimum atomic E-state index is -0.335. The van der Waals surface area contributed by atoms with Gasteiger partial charge in [0, 0.05) is 11.8 Å². The van der Waals surface area contributed by atoms with E-state index in [1.807, 2.05) is 32.0 Å². The van der Waals surface area contributed by atoms with Crippen LogP contribution in [0.2, 0.25) is 0 Å². The molecule has 1 aliphatic heterocycles. The van der Waals surface area contributed by atoms with Gasteiger partial charge < -0.3 is 0 Å². The van der Waals surface area contributed by atoms with Crippen LogP contribution in [0.15, 0.2) is 60.7 Å². The average molecular weight is 422 g/mol. The number of amides is 2. The maximum absolute atomic E-state index is 13.9. The van der Waals surface area contributed by atoms with Gasteiger partial charge in [-0.2, -0.15) is 0 Å². The van der Waals surface area contributed by atoms with Crippen LogP contribution in [0, 0.1) is 25.7 Å². The first-order valence-electron chi connectivity index (χ1n) is 11.6. The number of hydrogen-bond donors (Lipinski definition) is 0. The van der Waals surface area contributed by atoms with Gasteiger partial charge in [0.05, 0.1) is 17.5 Å². The second-order valence-electron chi connectivity index (χ2n) is 9.98. The maximum atomic E-state index is 13.9. The fourth-order valence-corrected chi connectivity index (χ4v) is 6.40. The normalized spacial score (nSPS) is 25.2. The lowest BCUT2D eigenvalue weighted by Gasteiger charge is -2.46. The molecule has 4 aliphatic rings. The third kappa shape index (κ3) is 2.42. The van der Waals surface area contributed by atoms with Crippen LogP contribution in [-0.2, 0) is 9.59 Å². The standard InChI is InChI=1S/C29H27NO2/c1-15(2)18-10-11-21-22(14-18)25-20-8-6-5-7-19(20)24(21)26-27(25)29(32)30(28(26)31)23-12-9-16(3)13-17(23)4/h5-15,24-27H,1-4H3/t24-,25-,26-,27-/m1/s1. The van der Waals surface area contributed by atoms with E-state index in [0.29, 0.717) is 5.92 Å². The molecule has 3 nitrogen and oxygen atoms in total. The Morgan fingerprint density at radius 3 is 1.91 bits per heavy atom. The van der Waals surface area contributed by atoms with Crippen LogP contribution in [0.4, 0.5) is 5.69 Å². The highest BCUT2D eigenvalue weighted by Crippen LogP contribution is 2.61. The van der Waals surface area contributed by atoms with E-state index in [0.717, 1.165) is 16.8 Å². The van der Waals surface area contributed by atoms with Crippen molar-refractivity contribution in [3.05, 3.63) is 99.6 Å². The van der Waals surface area contributed by atoms with Crippen LogP contribution < -0.4 is 4.90 Å². The highest BCUT2D eigenvalue weighted by atomic mass is 16.2. The Labute approximate surface area is 189 Å². The van der Waals surface area contributed by atoms with Gasteiger partial charge in [0.2, 0.25) is 11.8 Å². The molecule has 3 aromatic carbocycles. The summed E-state index contributed by atoms with van der Waals surface area (Å²) < 4.78 is 0. The average Bonchev–Trinajstić information content (AvgIpc) is 3.04. The molecule has 7 rings (SSSR count). The molecule has 160 valence electrons. The largest absolute Gasteiger partial charge is 0.274 e. The van der Waals surface area contributed by atoms with Crippen molar-refractivity contribution < 1.29 is 9.59 Å². The Bertz CT molecular complexity index is 1300. The number of rotatable bonds is 2. The number of imide groups is 1. The van der Waals surface area contributed by atoms with Gasteiger partial charge in [0.25, 0.3) is 0 Å². The van der Waals surface area contributed by atoms with Crippen LogP contribution in [0.3, 0.4) is 0 Å². The number of carbonyl (C=O) groups excluding carboxylic acids is 2. The molecule has 3 aliphatic carbocycles. The molecule has 4 atom stereocenters. The van der Waals surface area contributed by atoms with Gasteiger partial charge in [0.15, 0.2) is 0 Å². The summed E-state index contributed by atoms with van der Waals surface area (Å²) in [6.07, 6.45) is 0. The van der Waals surface area contributed by atoms with Gasteiger partial charge in [-0.15, -0.1) is 0 Å². The zero-order chi connectivity index (χ0) is 22.3. The topological polar surface area (TPSA) is 37.4 Å². The molecule has 1 saturated heterocycles. The maximum Gasteiger partial charge on any atom is 0.238 e.